The Balaban J connectivity index is 1.70. The van der Waals surface area contributed by atoms with Gasteiger partial charge in [0.15, 0.2) is 5.82 Å². The summed E-state index contributed by atoms with van der Waals surface area (Å²) in [5.74, 6) is 1.05. The lowest BCUT2D eigenvalue weighted by molar-refractivity contribution is 0.102. The lowest BCUT2D eigenvalue weighted by Crippen LogP contribution is -2.13. The molecule has 0 bridgehead atoms. The number of hydrogen-bond acceptors (Lipinski definition) is 5. The Morgan fingerprint density at radius 3 is 2.81 bits per heavy atom. The number of ether oxygens (including phenoxy) is 1. The van der Waals surface area contributed by atoms with Crippen LogP contribution >= 0.6 is 0 Å². The van der Waals surface area contributed by atoms with Crippen molar-refractivity contribution in [1.29, 1.82) is 0 Å². The predicted octanol–water partition coefficient (Wildman–Crippen LogP) is 3.14. The van der Waals surface area contributed by atoms with Gasteiger partial charge < -0.3 is 10.1 Å². The maximum absolute atomic E-state index is 12.6. The average molecular weight is 351 g/mol. The van der Waals surface area contributed by atoms with Crippen molar-refractivity contribution in [2.24, 2.45) is 0 Å². The highest BCUT2D eigenvalue weighted by atomic mass is 16.5. The van der Waals surface area contributed by atoms with Crippen molar-refractivity contribution in [2.45, 2.75) is 33.9 Å². The number of nitrogens with one attached hydrogen (secondary N) is 1. The highest BCUT2D eigenvalue weighted by Crippen LogP contribution is 2.20. The number of rotatable bonds is 6. The van der Waals surface area contributed by atoms with Crippen LogP contribution in [0.5, 0.6) is 5.75 Å². The molecule has 0 saturated carbocycles. The van der Waals surface area contributed by atoms with Crippen LogP contribution in [0, 0.1) is 13.8 Å². The van der Waals surface area contributed by atoms with E-state index >= 15 is 0 Å². The predicted molar refractivity (Wildman–Crippen MR) is 98.1 cm³/mol. The standard InChI is InChI=1S/C19H21N5O2/c1-4-24-18(21-22-23-24)12-26-16-9-6-8-15(11-16)19(25)20-17-10-5-7-13(2)14(17)3/h5-11H,4,12H2,1-3H3,(H,20,25). The molecule has 26 heavy (non-hydrogen) atoms. The van der Waals surface area contributed by atoms with E-state index in [0.29, 0.717) is 23.7 Å². The van der Waals surface area contributed by atoms with Gasteiger partial charge in [0.1, 0.15) is 12.4 Å². The Morgan fingerprint density at radius 1 is 1.19 bits per heavy atom. The number of anilines is 1. The van der Waals surface area contributed by atoms with Gasteiger partial charge in [-0.25, -0.2) is 4.68 Å². The lowest BCUT2D eigenvalue weighted by Gasteiger charge is -2.11. The van der Waals surface area contributed by atoms with Gasteiger partial charge in [0.25, 0.3) is 5.91 Å². The molecule has 134 valence electrons. The van der Waals surface area contributed by atoms with E-state index in [4.69, 9.17) is 4.74 Å². The largest absolute Gasteiger partial charge is 0.486 e. The molecule has 0 aliphatic carbocycles. The maximum atomic E-state index is 12.6. The second-order valence-corrected chi connectivity index (χ2v) is 5.93. The summed E-state index contributed by atoms with van der Waals surface area (Å²) in [6.45, 7) is 6.87. The molecule has 7 nitrogen and oxygen atoms in total. The molecule has 0 unspecified atom stereocenters. The van der Waals surface area contributed by atoms with Gasteiger partial charge in [-0.15, -0.1) is 5.10 Å². The van der Waals surface area contributed by atoms with Crippen molar-refractivity contribution < 1.29 is 9.53 Å². The van der Waals surface area contributed by atoms with Crippen LogP contribution in [0.1, 0.15) is 34.2 Å². The molecule has 7 heteroatoms. The summed E-state index contributed by atoms with van der Waals surface area (Å²) in [7, 11) is 0. The number of aromatic nitrogens is 4. The fourth-order valence-corrected chi connectivity index (χ4v) is 2.53. The van der Waals surface area contributed by atoms with Crippen LogP contribution < -0.4 is 10.1 Å². The molecule has 0 aliphatic rings. The van der Waals surface area contributed by atoms with E-state index in [1.807, 2.05) is 39.0 Å². The normalized spacial score (nSPS) is 10.6. The van der Waals surface area contributed by atoms with Gasteiger partial charge in [-0.1, -0.05) is 18.2 Å². The van der Waals surface area contributed by atoms with Crippen LogP contribution in [0.15, 0.2) is 42.5 Å². The smallest absolute Gasteiger partial charge is 0.255 e. The molecule has 0 saturated heterocycles. The molecule has 2 aromatic carbocycles. The van der Waals surface area contributed by atoms with Crippen molar-refractivity contribution in [2.75, 3.05) is 5.32 Å². The molecule has 1 aromatic heterocycles. The zero-order chi connectivity index (χ0) is 18.5. The Morgan fingerprint density at radius 2 is 2.00 bits per heavy atom. The molecule has 0 aliphatic heterocycles. The van der Waals surface area contributed by atoms with E-state index in [9.17, 15) is 4.79 Å². The minimum absolute atomic E-state index is 0.178. The van der Waals surface area contributed by atoms with E-state index in [1.165, 1.54) is 0 Å². The number of nitrogens with zero attached hydrogens (tertiary/aromatic N) is 4. The third-order valence-electron chi connectivity index (χ3n) is 4.22. The Labute approximate surface area is 152 Å². The summed E-state index contributed by atoms with van der Waals surface area (Å²) >= 11 is 0. The van der Waals surface area contributed by atoms with Crippen molar-refractivity contribution in [3.63, 3.8) is 0 Å². The molecule has 3 rings (SSSR count). The quantitative estimate of drug-likeness (QED) is 0.738. The van der Waals surface area contributed by atoms with Crippen LogP contribution in [0.25, 0.3) is 0 Å². The van der Waals surface area contributed by atoms with Gasteiger partial charge >= 0.3 is 0 Å². The topological polar surface area (TPSA) is 81.9 Å². The van der Waals surface area contributed by atoms with Crippen LogP contribution in [0.4, 0.5) is 5.69 Å². The minimum Gasteiger partial charge on any atom is -0.486 e. The van der Waals surface area contributed by atoms with Gasteiger partial charge in [-0.2, -0.15) is 0 Å². The number of aryl methyl sites for hydroxylation is 2. The molecule has 3 aromatic rings. The zero-order valence-electron chi connectivity index (χ0n) is 15.1. The van der Waals surface area contributed by atoms with Crippen LogP contribution in [0.3, 0.4) is 0 Å². The van der Waals surface area contributed by atoms with Gasteiger partial charge in [0, 0.05) is 17.8 Å². The number of carbonyl (C=O) groups excluding carboxylic acids is 1. The number of amides is 1. The molecule has 0 spiro atoms. The highest BCUT2D eigenvalue weighted by Gasteiger charge is 2.11. The number of tetrazole rings is 1. The zero-order valence-corrected chi connectivity index (χ0v) is 15.1. The number of carbonyl (C=O) groups is 1. The monoisotopic (exact) mass is 351 g/mol. The Bertz CT molecular complexity index is 920. The number of benzene rings is 2. The molecule has 0 radical (unpaired) electrons. The third kappa shape index (κ3) is 3.88. The van der Waals surface area contributed by atoms with Gasteiger partial charge in [-0.05, 0) is 66.6 Å². The summed E-state index contributed by atoms with van der Waals surface area (Å²) in [4.78, 5) is 12.6. The second kappa shape index (κ2) is 7.77. The summed E-state index contributed by atoms with van der Waals surface area (Å²) in [5.41, 5.74) is 3.52. The van der Waals surface area contributed by atoms with Crippen LogP contribution in [-0.2, 0) is 13.2 Å². The van der Waals surface area contributed by atoms with Crippen molar-refractivity contribution in [3.05, 3.63) is 65.0 Å². The first-order valence-electron chi connectivity index (χ1n) is 8.44. The highest BCUT2D eigenvalue weighted by molar-refractivity contribution is 6.04. The first-order valence-corrected chi connectivity index (χ1v) is 8.44. The van der Waals surface area contributed by atoms with Crippen LogP contribution in [-0.4, -0.2) is 26.1 Å². The van der Waals surface area contributed by atoms with E-state index in [2.05, 4.69) is 20.8 Å². The molecule has 0 atom stereocenters. The molecule has 0 fully saturated rings. The fraction of sp³-hybridized carbons (Fsp3) is 0.263. The third-order valence-corrected chi connectivity index (χ3v) is 4.22. The summed E-state index contributed by atoms with van der Waals surface area (Å²) < 4.78 is 7.40. The molecular formula is C19H21N5O2. The Kier molecular flexibility index (Phi) is 5.26. The van der Waals surface area contributed by atoms with Crippen molar-refractivity contribution in [1.82, 2.24) is 20.2 Å². The average Bonchev–Trinajstić information content (AvgIpc) is 3.11. The summed E-state index contributed by atoms with van der Waals surface area (Å²) in [5, 5.41) is 14.4. The SMILES string of the molecule is CCn1nnnc1COc1cccc(C(=O)Nc2cccc(C)c2C)c1. The van der Waals surface area contributed by atoms with E-state index in [-0.39, 0.29) is 12.5 Å². The van der Waals surface area contributed by atoms with Gasteiger partial charge in [0.05, 0.1) is 0 Å². The van der Waals surface area contributed by atoms with Crippen molar-refractivity contribution >= 4 is 11.6 Å². The van der Waals surface area contributed by atoms with Gasteiger partial charge in [0.2, 0.25) is 0 Å². The molecule has 1 amide bonds. The molecule has 1 N–H and O–H groups in total. The van der Waals surface area contributed by atoms with Gasteiger partial charge in [-0.3, -0.25) is 4.79 Å². The summed E-state index contributed by atoms with van der Waals surface area (Å²) in [6.07, 6.45) is 0. The lowest BCUT2D eigenvalue weighted by atomic mass is 10.1. The van der Waals surface area contributed by atoms with E-state index < -0.39 is 0 Å². The van der Waals surface area contributed by atoms with Crippen molar-refractivity contribution in [3.8, 4) is 5.75 Å². The maximum Gasteiger partial charge on any atom is 0.255 e. The number of hydrogen-bond donors (Lipinski definition) is 1. The first-order chi connectivity index (χ1) is 12.6. The second-order valence-electron chi connectivity index (χ2n) is 5.93. The Hall–Kier alpha value is -3.22. The fourth-order valence-electron chi connectivity index (χ4n) is 2.53. The summed E-state index contributed by atoms with van der Waals surface area (Å²) in [6, 6.07) is 12.9. The van der Waals surface area contributed by atoms with E-state index in [1.54, 1.807) is 28.9 Å². The molecular weight excluding hydrogens is 330 g/mol. The van der Waals surface area contributed by atoms with E-state index in [0.717, 1.165) is 16.8 Å². The molecule has 1 heterocycles. The first kappa shape index (κ1) is 17.6. The van der Waals surface area contributed by atoms with Crippen LogP contribution in [0.2, 0.25) is 0 Å². The minimum atomic E-state index is -0.178.